The van der Waals surface area contributed by atoms with Gasteiger partial charge in [0, 0.05) is 18.6 Å². The number of hydrogen-bond donors (Lipinski definition) is 1. The van der Waals surface area contributed by atoms with Crippen LogP contribution < -0.4 is 0 Å². The first kappa shape index (κ1) is 32.3. The minimum Gasteiger partial charge on any atom is -0.462 e. The van der Waals surface area contributed by atoms with Gasteiger partial charge in [-0.1, -0.05) is 123 Å². The van der Waals surface area contributed by atoms with Crippen molar-refractivity contribution in [1.82, 2.24) is 0 Å². The maximum absolute atomic E-state index is 12.0. The Kier molecular flexibility index (Phi) is 25.3. The summed E-state index contributed by atoms with van der Waals surface area (Å²) in [4.78, 5) is 24.0. The number of ether oxygens (including phenoxy) is 2. The summed E-state index contributed by atoms with van der Waals surface area (Å²) < 4.78 is 10.7. The molecule has 0 aliphatic carbocycles. The number of esters is 2. The van der Waals surface area contributed by atoms with Crippen LogP contribution in [0.1, 0.15) is 149 Å². The molecule has 0 bridgehead atoms. The van der Waals surface area contributed by atoms with E-state index in [1.165, 1.54) is 96.3 Å². The molecule has 0 spiro atoms. The van der Waals surface area contributed by atoms with Crippen LogP contribution in [-0.4, -0.2) is 30.4 Å². The van der Waals surface area contributed by atoms with E-state index in [9.17, 15) is 9.59 Å². The molecule has 0 aliphatic heterocycles. The lowest BCUT2D eigenvalue weighted by Gasteiger charge is -2.16. The smallest absolute Gasteiger partial charge is 0.306 e. The molecule has 0 N–H and O–H groups in total. The second-order valence-electron chi connectivity index (χ2n) is 9.49. The fraction of sp³-hybridized carbons (Fsp3) is 0.929. The Labute approximate surface area is 210 Å². The molecule has 0 aromatic carbocycles. The molecule has 4 nitrogen and oxygen atoms in total. The Morgan fingerprint density at radius 3 is 1.33 bits per heavy atom. The third kappa shape index (κ3) is 24.2. The topological polar surface area (TPSA) is 52.6 Å². The molecular weight excluding hydrogens is 432 g/mol. The van der Waals surface area contributed by atoms with E-state index < -0.39 is 6.10 Å². The van der Waals surface area contributed by atoms with Gasteiger partial charge in [-0.15, -0.1) is 0 Å². The summed E-state index contributed by atoms with van der Waals surface area (Å²) in [5.74, 6) is -0.0362. The zero-order valence-electron chi connectivity index (χ0n) is 21.9. The van der Waals surface area contributed by atoms with E-state index in [1.807, 2.05) is 0 Å². The van der Waals surface area contributed by atoms with Crippen LogP contribution in [0.4, 0.5) is 0 Å². The van der Waals surface area contributed by atoms with Crippen LogP contribution in [0.15, 0.2) is 0 Å². The highest BCUT2D eigenvalue weighted by molar-refractivity contribution is 7.80. The number of carbonyl (C=O) groups excluding carboxylic acids is 2. The SMILES string of the molecule is CCCCCCCCCCCCCCC(=O)OC[C@H](CS)OC(=O)CCCCCCCCC. The van der Waals surface area contributed by atoms with Crippen molar-refractivity contribution in [3.63, 3.8) is 0 Å². The first-order valence-electron chi connectivity index (χ1n) is 14.1. The Bertz CT molecular complexity index is 442. The lowest BCUT2D eigenvalue weighted by molar-refractivity contribution is -0.157. The number of unbranched alkanes of at least 4 members (excludes halogenated alkanes) is 17. The van der Waals surface area contributed by atoms with Crippen LogP contribution in [-0.2, 0) is 19.1 Å². The summed E-state index contributed by atoms with van der Waals surface area (Å²) in [6, 6.07) is 0. The van der Waals surface area contributed by atoms with Gasteiger partial charge in [-0.05, 0) is 12.8 Å². The molecule has 0 saturated carbocycles. The van der Waals surface area contributed by atoms with E-state index in [-0.39, 0.29) is 18.5 Å². The van der Waals surface area contributed by atoms with E-state index in [1.54, 1.807) is 0 Å². The minimum atomic E-state index is -0.448. The van der Waals surface area contributed by atoms with E-state index in [4.69, 9.17) is 9.47 Å². The molecule has 0 aromatic heterocycles. The molecule has 0 rings (SSSR count). The standard InChI is InChI=1S/C28H54O4S/c1-3-5-7-9-11-12-13-14-15-17-18-20-22-27(29)31-24-26(25-33)32-28(30)23-21-19-16-10-8-6-4-2/h26,33H,3-25H2,1-2H3/t26-/m1/s1. The zero-order chi connectivity index (χ0) is 24.4. The molecule has 0 heterocycles. The molecule has 0 saturated heterocycles. The van der Waals surface area contributed by atoms with Gasteiger partial charge in [-0.3, -0.25) is 9.59 Å². The van der Waals surface area contributed by atoms with Gasteiger partial charge < -0.3 is 9.47 Å². The normalized spacial score (nSPS) is 12.0. The Hall–Kier alpha value is -0.710. The van der Waals surface area contributed by atoms with Crippen LogP contribution >= 0.6 is 12.6 Å². The van der Waals surface area contributed by atoms with E-state index in [0.717, 1.165) is 25.7 Å². The van der Waals surface area contributed by atoms with Gasteiger partial charge in [0.2, 0.25) is 0 Å². The number of thiol groups is 1. The lowest BCUT2D eigenvalue weighted by Crippen LogP contribution is -2.26. The number of hydrogen-bond acceptors (Lipinski definition) is 5. The van der Waals surface area contributed by atoms with Crippen molar-refractivity contribution >= 4 is 24.6 Å². The highest BCUT2D eigenvalue weighted by atomic mass is 32.1. The van der Waals surface area contributed by atoms with Gasteiger partial charge in [0.05, 0.1) is 0 Å². The van der Waals surface area contributed by atoms with Gasteiger partial charge in [0.1, 0.15) is 12.7 Å². The van der Waals surface area contributed by atoms with Crippen molar-refractivity contribution in [3.8, 4) is 0 Å². The molecule has 0 radical (unpaired) electrons. The second kappa shape index (κ2) is 25.9. The van der Waals surface area contributed by atoms with Crippen molar-refractivity contribution in [2.24, 2.45) is 0 Å². The molecule has 0 aromatic rings. The molecule has 0 fully saturated rings. The van der Waals surface area contributed by atoms with Gasteiger partial charge >= 0.3 is 11.9 Å². The predicted octanol–water partition coefficient (Wildman–Crippen LogP) is 8.60. The van der Waals surface area contributed by atoms with Crippen molar-refractivity contribution in [2.75, 3.05) is 12.4 Å². The first-order valence-corrected chi connectivity index (χ1v) is 14.7. The Morgan fingerprint density at radius 2 is 0.939 bits per heavy atom. The molecular formula is C28H54O4S. The number of rotatable bonds is 25. The predicted molar refractivity (Wildman–Crippen MR) is 143 cm³/mol. The Balaban J connectivity index is 3.57. The monoisotopic (exact) mass is 486 g/mol. The summed E-state index contributed by atoms with van der Waals surface area (Å²) in [6.45, 7) is 4.59. The van der Waals surface area contributed by atoms with Gasteiger partial charge in [0.15, 0.2) is 0 Å². The second-order valence-corrected chi connectivity index (χ2v) is 9.85. The van der Waals surface area contributed by atoms with Gasteiger partial charge in [-0.2, -0.15) is 12.6 Å². The average molecular weight is 487 g/mol. The molecule has 0 unspecified atom stereocenters. The summed E-state index contributed by atoms with van der Waals surface area (Å²) >= 11 is 4.24. The fourth-order valence-electron chi connectivity index (χ4n) is 3.96. The lowest BCUT2D eigenvalue weighted by atomic mass is 10.0. The van der Waals surface area contributed by atoms with Crippen LogP contribution in [0.3, 0.4) is 0 Å². The quantitative estimate of drug-likeness (QED) is 0.0797. The summed E-state index contributed by atoms with van der Waals surface area (Å²) in [7, 11) is 0. The molecule has 0 aliphatic rings. The van der Waals surface area contributed by atoms with Crippen LogP contribution in [0.2, 0.25) is 0 Å². The molecule has 33 heavy (non-hydrogen) atoms. The highest BCUT2D eigenvalue weighted by Crippen LogP contribution is 2.13. The largest absolute Gasteiger partial charge is 0.462 e. The minimum absolute atomic E-state index is 0.114. The summed E-state index contributed by atoms with van der Waals surface area (Å²) in [5.41, 5.74) is 0. The maximum Gasteiger partial charge on any atom is 0.306 e. The van der Waals surface area contributed by atoms with Crippen molar-refractivity contribution in [3.05, 3.63) is 0 Å². The van der Waals surface area contributed by atoms with Crippen LogP contribution in [0.25, 0.3) is 0 Å². The molecule has 5 heteroatoms. The van der Waals surface area contributed by atoms with E-state index in [2.05, 4.69) is 26.5 Å². The van der Waals surface area contributed by atoms with Crippen LogP contribution in [0, 0.1) is 0 Å². The molecule has 1 atom stereocenters. The Morgan fingerprint density at radius 1 is 0.576 bits per heavy atom. The fourth-order valence-corrected chi connectivity index (χ4v) is 4.14. The van der Waals surface area contributed by atoms with Crippen molar-refractivity contribution in [2.45, 2.75) is 155 Å². The van der Waals surface area contributed by atoms with Gasteiger partial charge in [0.25, 0.3) is 0 Å². The van der Waals surface area contributed by atoms with Crippen molar-refractivity contribution in [1.29, 1.82) is 0 Å². The zero-order valence-corrected chi connectivity index (χ0v) is 22.8. The van der Waals surface area contributed by atoms with E-state index in [0.29, 0.717) is 18.6 Å². The third-order valence-corrected chi connectivity index (χ3v) is 6.56. The van der Waals surface area contributed by atoms with Gasteiger partial charge in [-0.25, -0.2) is 0 Å². The number of carbonyl (C=O) groups is 2. The van der Waals surface area contributed by atoms with Crippen molar-refractivity contribution < 1.29 is 19.1 Å². The highest BCUT2D eigenvalue weighted by Gasteiger charge is 2.15. The average Bonchev–Trinajstić information content (AvgIpc) is 2.81. The summed E-state index contributed by atoms with van der Waals surface area (Å²) in [6.07, 6.45) is 23.9. The van der Waals surface area contributed by atoms with Crippen LogP contribution in [0.5, 0.6) is 0 Å². The maximum atomic E-state index is 12.0. The third-order valence-electron chi connectivity index (χ3n) is 6.15. The first-order chi connectivity index (χ1) is 16.1. The molecule has 196 valence electrons. The molecule has 0 amide bonds. The van der Waals surface area contributed by atoms with E-state index >= 15 is 0 Å². The summed E-state index contributed by atoms with van der Waals surface area (Å²) in [5, 5.41) is 0.